The number of rotatable bonds is 6. The summed E-state index contributed by atoms with van der Waals surface area (Å²) in [6, 6.07) is 13.6. The van der Waals surface area contributed by atoms with Gasteiger partial charge in [0.05, 0.1) is 17.0 Å². The number of alkyl halides is 6. The molecule has 0 bridgehead atoms. The van der Waals surface area contributed by atoms with Crippen LogP contribution in [0.1, 0.15) is 42.4 Å². The zero-order chi connectivity index (χ0) is 24.4. The lowest BCUT2D eigenvalue weighted by atomic mass is 9.87. The van der Waals surface area contributed by atoms with Crippen molar-refractivity contribution in [3.05, 3.63) is 83.4 Å². The highest BCUT2D eigenvalue weighted by atomic mass is 19.4. The van der Waals surface area contributed by atoms with E-state index in [1.54, 1.807) is 18.2 Å². The van der Waals surface area contributed by atoms with Crippen molar-refractivity contribution in [2.75, 3.05) is 0 Å². The molecule has 1 N–H and O–H groups in total. The van der Waals surface area contributed by atoms with E-state index in [2.05, 4.69) is 0 Å². The fourth-order valence-corrected chi connectivity index (χ4v) is 3.67. The molecule has 0 amide bonds. The second-order valence-corrected chi connectivity index (χ2v) is 7.63. The Kier molecular flexibility index (Phi) is 6.86. The first-order chi connectivity index (χ1) is 15.4. The maximum atomic E-state index is 13.0. The molecule has 1 unspecified atom stereocenters. The Balaban J connectivity index is 2.16. The van der Waals surface area contributed by atoms with Crippen LogP contribution in [0, 0.1) is 0 Å². The van der Waals surface area contributed by atoms with Crippen LogP contribution in [0.25, 0.3) is 22.3 Å². The van der Waals surface area contributed by atoms with Gasteiger partial charge in [-0.2, -0.15) is 26.3 Å². The highest BCUT2D eigenvalue weighted by molar-refractivity contribution is 5.86. The number of carbonyl (C=O) groups is 1. The van der Waals surface area contributed by atoms with Crippen molar-refractivity contribution in [3.8, 4) is 22.3 Å². The highest BCUT2D eigenvalue weighted by Crippen LogP contribution is 2.38. The molecule has 0 saturated carbocycles. The molecule has 0 aliphatic heterocycles. The van der Waals surface area contributed by atoms with Crippen LogP contribution in [0.2, 0.25) is 0 Å². The molecular formula is C25H20F6O2. The second-order valence-electron chi connectivity index (χ2n) is 7.63. The summed E-state index contributed by atoms with van der Waals surface area (Å²) in [5, 5.41) is 9.61. The van der Waals surface area contributed by atoms with Gasteiger partial charge in [-0.05, 0) is 64.6 Å². The van der Waals surface area contributed by atoms with Crippen molar-refractivity contribution < 1.29 is 36.2 Å². The SMILES string of the molecule is CCCC(C(=O)O)c1ccc(-c2ccc(C(F)(F)F)cc2)c(-c2ccc(C(F)(F)F)cc2)c1. The zero-order valence-electron chi connectivity index (χ0n) is 17.5. The zero-order valence-corrected chi connectivity index (χ0v) is 17.5. The number of aliphatic carboxylic acids is 1. The molecule has 3 aromatic rings. The van der Waals surface area contributed by atoms with Gasteiger partial charge in [-0.25, -0.2) is 0 Å². The molecule has 174 valence electrons. The minimum Gasteiger partial charge on any atom is -0.481 e. The number of carboxylic acids is 1. The molecule has 33 heavy (non-hydrogen) atoms. The maximum Gasteiger partial charge on any atom is 0.416 e. The predicted molar refractivity (Wildman–Crippen MR) is 113 cm³/mol. The number of hydrogen-bond donors (Lipinski definition) is 1. The predicted octanol–water partition coefficient (Wildman–Crippen LogP) is 8.03. The first kappa shape index (κ1) is 24.4. The molecule has 0 aromatic heterocycles. The van der Waals surface area contributed by atoms with Gasteiger partial charge < -0.3 is 5.11 Å². The van der Waals surface area contributed by atoms with Crippen LogP contribution < -0.4 is 0 Å². The van der Waals surface area contributed by atoms with Crippen molar-refractivity contribution in [2.24, 2.45) is 0 Å². The third kappa shape index (κ3) is 5.56. The first-order valence-corrected chi connectivity index (χ1v) is 10.1. The smallest absolute Gasteiger partial charge is 0.416 e. The minimum absolute atomic E-state index is 0.363. The lowest BCUT2D eigenvalue weighted by Gasteiger charge is -2.17. The van der Waals surface area contributed by atoms with Crippen LogP contribution >= 0.6 is 0 Å². The molecule has 3 aromatic carbocycles. The lowest BCUT2D eigenvalue weighted by molar-refractivity contribution is -0.139. The topological polar surface area (TPSA) is 37.3 Å². The number of halogens is 6. The molecule has 0 heterocycles. The van der Waals surface area contributed by atoms with Gasteiger partial charge in [0.15, 0.2) is 0 Å². The summed E-state index contributed by atoms with van der Waals surface area (Å²) in [5.41, 5.74) is 0.527. The van der Waals surface area contributed by atoms with Crippen LogP contribution in [-0.2, 0) is 17.1 Å². The summed E-state index contributed by atoms with van der Waals surface area (Å²) in [4.78, 5) is 11.7. The summed E-state index contributed by atoms with van der Waals surface area (Å²) < 4.78 is 77.8. The van der Waals surface area contributed by atoms with E-state index >= 15 is 0 Å². The van der Waals surface area contributed by atoms with E-state index in [0.29, 0.717) is 40.7 Å². The van der Waals surface area contributed by atoms with Crippen molar-refractivity contribution in [1.29, 1.82) is 0 Å². The number of hydrogen-bond acceptors (Lipinski definition) is 1. The van der Waals surface area contributed by atoms with E-state index in [1.807, 2.05) is 6.92 Å². The normalized spacial score (nSPS) is 13.1. The highest BCUT2D eigenvalue weighted by Gasteiger charge is 2.31. The van der Waals surface area contributed by atoms with Gasteiger partial charge in [-0.3, -0.25) is 4.79 Å². The Morgan fingerprint density at radius 1 is 0.758 bits per heavy atom. The molecule has 0 fully saturated rings. The van der Waals surface area contributed by atoms with Gasteiger partial charge in [0.25, 0.3) is 0 Å². The van der Waals surface area contributed by atoms with Crippen molar-refractivity contribution in [2.45, 2.75) is 38.0 Å². The molecule has 0 radical (unpaired) electrons. The summed E-state index contributed by atoms with van der Waals surface area (Å²) in [6.45, 7) is 1.84. The van der Waals surface area contributed by atoms with Crippen LogP contribution in [0.15, 0.2) is 66.7 Å². The van der Waals surface area contributed by atoms with Gasteiger partial charge >= 0.3 is 18.3 Å². The van der Waals surface area contributed by atoms with Crippen molar-refractivity contribution >= 4 is 5.97 Å². The summed E-state index contributed by atoms with van der Waals surface area (Å²) in [6.07, 6.45) is -8.06. The van der Waals surface area contributed by atoms with Crippen LogP contribution in [0.3, 0.4) is 0 Å². The van der Waals surface area contributed by atoms with E-state index in [4.69, 9.17) is 0 Å². The largest absolute Gasteiger partial charge is 0.481 e. The summed E-state index contributed by atoms with van der Waals surface area (Å²) in [7, 11) is 0. The average Bonchev–Trinajstić information content (AvgIpc) is 2.76. The standard InChI is InChI=1S/C25H20F6O2/c1-2-3-21(23(32)33)17-8-13-20(15-4-9-18(10-5-15)24(26,27)28)22(14-17)16-6-11-19(12-7-16)25(29,30)31/h4-14,21H,2-3H2,1H3,(H,32,33). The van der Waals surface area contributed by atoms with E-state index in [-0.39, 0.29) is 0 Å². The Morgan fingerprint density at radius 3 is 1.61 bits per heavy atom. The molecule has 2 nitrogen and oxygen atoms in total. The summed E-state index contributed by atoms with van der Waals surface area (Å²) in [5.74, 6) is -1.85. The van der Waals surface area contributed by atoms with E-state index in [1.165, 1.54) is 24.3 Å². The van der Waals surface area contributed by atoms with Crippen LogP contribution in [-0.4, -0.2) is 11.1 Å². The monoisotopic (exact) mass is 466 g/mol. The second kappa shape index (κ2) is 9.29. The lowest BCUT2D eigenvalue weighted by Crippen LogP contribution is -2.11. The Hall–Kier alpha value is -3.29. The van der Waals surface area contributed by atoms with Crippen molar-refractivity contribution in [3.63, 3.8) is 0 Å². The van der Waals surface area contributed by atoms with Gasteiger partial charge in [-0.1, -0.05) is 49.7 Å². The summed E-state index contributed by atoms with van der Waals surface area (Å²) >= 11 is 0. The van der Waals surface area contributed by atoms with Gasteiger partial charge in [0.1, 0.15) is 0 Å². The fraction of sp³-hybridized carbons (Fsp3) is 0.240. The Bertz CT molecular complexity index is 1110. The molecule has 8 heteroatoms. The third-order valence-electron chi connectivity index (χ3n) is 5.37. The van der Waals surface area contributed by atoms with E-state index in [0.717, 1.165) is 24.3 Å². The van der Waals surface area contributed by atoms with Gasteiger partial charge in [-0.15, -0.1) is 0 Å². The fourth-order valence-electron chi connectivity index (χ4n) is 3.67. The average molecular weight is 466 g/mol. The molecular weight excluding hydrogens is 446 g/mol. The van der Waals surface area contributed by atoms with E-state index < -0.39 is 35.4 Å². The Labute approximate surface area is 186 Å². The molecule has 0 saturated heterocycles. The van der Waals surface area contributed by atoms with E-state index in [9.17, 15) is 36.2 Å². The van der Waals surface area contributed by atoms with Crippen LogP contribution in [0.4, 0.5) is 26.3 Å². The minimum atomic E-state index is -4.52. The van der Waals surface area contributed by atoms with Crippen LogP contribution in [0.5, 0.6) is 0 Å². The molecule has 0 aliphatic rings. The molecule has 0 aliphatic carbocycles. The number of benzene rings is 3. The maximum absolute atomic E-state index is 13.0. The number of carboxylic acid groups (broad SMARTS) is 1. The molecule has 1 atom stereocenters. The third-order valence-corrected chi connectivity index (χ3v) is 5.37. The molecule has 0 spiro atoms. The molecule has 3 rings (SSSR count). The first-order valence-electron chi connectivity index (χ1n) is 10.1. The van der Waals surface area contributed by atoms with Gasteiger partial charge in [0, 0.05) is 0 Å². The Morgan fingerprint density at radius 2 is 1.21 bits per heavy atom. The van der Waals surface area contributed by atoms with Crippen molar-refractivity contribution in [1.82, 2.24) is 0 Å². The quantitative estimate of drug-likeness (QED) is 0.374. The van der Waals surface area contributed by atoms with Gasteiger partial charge in [0.2, 0.25) is 0 Å².